The van der Waals surface area contributed by atoms with E-state index in [4.69, 9.17) is 0 Å². The lowest BCUT2D eigenvalue weighted by Crippen LogP contribution is -2.58. The van der Waals surface area contributed by atoms with Gasteiger partial charge in [0.2, 0.25) is 5.91 Å². The minimum absolute atomic E-state index is 0.00668. The molecule has 0 saturated carbocycles. The molecule has 1 aliphatic rings. The van der Waals surface area contributed by atoms with Gasteiger partial charge in [-0.05, 0) is 30.5 Å². The topological polar surface area (TPSA) is 53.5 Å². The Morgan fingerprint density at radius 1 is 1.41 bits per heavy atom. The molecule has 1 saturated heterocycles. The number of aryl methyl sites for hydroxylation is 1. The lowest BCUT2D eigenvalue weighted by Gasteiger charge is -2.43. The molecule has 1 atom stereocenters. The number of nitrogens with zero attached hydrogens (tertiary/aromatic N) is 3. The Morgan fingerprint density at radius 2 is 2.14 bits per heavy atom. The number of aromatic nitrogens is 1. The van der Waals surface area contributed by atoms with Crippen LogP contribution >= 0.6 is 0 Å². The number of hydrogen-bond donors (Lipinski definition) is 0. The summed E-state index contributed by atoms with van der Waals surface area (Å²) in [5, 5.41) is 0. The molecule has 1 aliphatic heterocycles. The third-order valence-corrected chi connectivity index (χ3v) is 4.15. The molecule has 118 valence electrons. The van der Waals surface area contributed by atoms with Crippen molar-refractivity contribution < 1.29 is 9.59 Å². The molecule has 0 spiro atoms. The third kappa shape index (κ3) is 3.18. The smallest absolute Gasteiger partial charge is 0.272 e. The van der Waals surface area contributed by atoms with Gasteiger partial charge in [0, 0.05) is 25.8 Å². The average molecular weight is 301 g/mol. The average Bonchev–Trinajstić information content (AvgIpc) is 2.53. The Morgan fingerprint density at radius 3 is 2.73 bits per heavy atom. The van der Waals surface area contributed by atoms with Crippen molar-refractivity contribution in [3.8, 4) is 0 Å². The van der Waals surface area contributed by atoms with E-state index in [9.17, 15) is 9.59 Å². The van der Waals surface area contributed by atoms with Crippen LogP contribution in [0.15, 0.2) is 31.0 Å². The largest absolute Gasteiger partial charge is 0.333 e. The van der Waals surface area contributed by atoms with E-state index in [2.05, 4.69) is 25.4 Å². The molecule has 1 aromatic heterocycles. The van der Waals surface area contributed by atoms with Gasteiger partial charge in [-0.25, -0.2) is 0 Å². The van der Waals surface area contributed by atoms with Crippen LogP contribution in [0.25, 0.3) is 0 Å². The maximum atomic E-state index is 12.7. The van der Waals surface area contributed by atoms with Crippen LogP contribution in [0.2, 0.25) is 0 Å². The molecular weight excluding hydrogens is 278 g/mol. The zero-order valence-electron chi connectivity index (χ0n) is 13.5. The predicted octanol–water partition coefficient (Wildman–Crippen LogP) is 1.89. The van der Waals surface area contributed by atoms with E-state index in [1.165, 1.54) is 6.08 Å². The first-order valence-electron chi connectivity index (χ1n) is 7.59. The normalized spacial score (nSPS) is 18.5. The molecule has 2 rings (SSSR count). The molecule has 1 fully saturated rings. The molecule has 0 N–H and O–H groups in total. The number of carbonyl (C=O) groups is 2. The first kappa shape index (κ1) is 16.2. The summed E-state index contributed by atoms with van der Waals surface area (Å²) in [5.74, 6) is 0.138. The van der Waals surface area contributed by atoms with Gasteiger partial charge in [0.05, 0.1) is 6.04 Å². The molecule has 0 bridgehead atoms. The number of hydrogen-bond acceptors (Lipinski definition) is 3. The van der Waals surface area contributed by atoms with Gasteiger partial charge in [0.25, 0.3) is 5.91 Å². The van der Waals surface area contributed by atoms with Crippen LogP contribution in [-0.2, 0) is 4.79 Å². The summed E-state index contributed by atoms with van der Waals surface area (Å²) in [6, 6.07) is 3.72. The summed E-state index contributed by atoms with van der Waals surface area (Å²) in [7, 11) is 0. The molecule has 5 heteroatoms. The van der Waals surface area contributed by atoms with Crippen LogP contribution in [0, 0.1) is 12.8 Å². The predicted molar refractivity (Wildman–Crippen MR) is 85.4 cm³/mol. The minimum Gasteiger partial charge on any atom is -0.333 e. The maximum Gasteiger partial charge on any atom is 0.272 e. The van der Waals surface area contributed by atoms with Gasteiger partial charge in [-0.3, -0.25) is 14.6 Å². The highest BCUT2D eigenvalue weighted by Gasteiger charge is 2.34. The second-order valence-corrected chi connectivity index (χ2v) is 5.97. The van der Waals surface area contributed by atoms with Crippen LogP contribution in [0.3, 0.4) is 0 Å². The van der Waals surface area contributed by atoms with Gasteiger partial charge in [0.15, 0.2) is 0 Å². The second kappa shape index (κ2) is 6.73. The Labute approximate surface area is 131 Å². The van der Waals surface area contributed by atoms with E-state index in [0.717, 1.165) is 5.56 Å². The van der Waals surface area contributed by atoms with Crippen molar-refractivity contribution in [1.82, 2.24) is 14.8 Å². The molecule has 2 amide bonds. The van der Waals surface area contributed by atoms with Gasteiger partial charge in [-0.15, -0.1) is 0 Å². The zero-order chi connectivity index (χ0) is 16.3. The van der Waals surface area contributed by atoms with Crippen LogP contribution in [-0.4, -0.2) is 52.3 Å². The van der Waals surface area contributed by atoms with E-state index < -0.39 is 0 Å². The first-order valence-corrected chi connectivity index (χ1v) is 7.59. The number of amides is 2. The second-order valence-electron chi connectivity index (χ2n) is 5.97. The van der Waals surface area contributed by atoms with Crippen molar-refractivity contribution in [2.45, 2.75) is 26.8 Å². The fourth-order valence-corrected chi connectivity index (χ4v) is 2.82. The van der Waals surface area contributed by atoms with E-state index in [-0.39, 0.29) is 23.8 Å². The minimum atomic E-state index is -0.0696. The van der Waals surface area contributed by atoms with Gasteiger partial charge < -0.3 is 9.80 Å². The molecule has 22 heavy (non-hydrogen) atoms. The monoisotopic (exact) mass is 301 g/mol. The summed E-state index contributed by atoms with van der Waals surface area (Å²) in [6.07, 6.45) is 2.98. The fraction of sp³-hybridized carbons (Fsp3) is 0.471. The summed E-state index contributed by atoms with van der Waals surface area (Å²) < 4.78 is 0. The molecule has 0 aromatic carbocycles. The zero-order valence-corrected chi connectivity index (χ0v) is 13.5. The van der Waals surface area contributed by atoms with Crippen molar-refractivity contribution >= 4 is 11.8 Å². The first-order chi connectivity index (χ1) is 10.5. The fourth-order valence-electron chi connectivity index (χ4n) is 2.82. The molecule has 2 heterocycles. The summed E-state index contributed by atoms with van der Waals surface area (Å²) in [5.41, 5.74) is 1.37. The molecule has 0 aliphatic carbocycles. The Kier molecular flexibility index (Phi) is 4.96. The van der Waals surface area contributed by atoms with Crippen LogP contribution in [0.5, 0.6) is 0 Å². The summed E-state index contributed by atoms with van der Waals surface area (Å²) in [6.45, 7) is 11.2. The molecule has 0 radical (unpaired) electrons. The highest BCUT2D eigenvalue weighted by Crippen LogP contribution is 2.19. The SMILES string of the molecule is C=CC(=O)N1CCN(C(=O)c2ncccc2C)C[C@@H]1C(C)C. The van der Waals surface area contributed by atoms with Crippen molar-refractivity contribution in [2.24, 2.45) is 5.92 Å². The van der Waals surface area contributed by atoms with Gasteiger partial charge >= 0.3 is 0 Å². The van der Waals surface area contributed by atoms with Gasteiger partial charge in [-0.2, -0.15) is 0 Å². The standard InChI is InChI=1S/C17H23N3O2/c1-5-15(21)20-10-9-19(11-14(20)12(2)3)17(22)16-13(4)7-6-8-18-16/h5-8,12,14H,1,9-11H2,2-4H3/t14-/m1/s1. The van der Waals surface area contributed by atoms with Crippen molar-refractivity contribution in [3.05, 3.63) is 42.2 Å². The third-order valence-electron chi connectivity index (χ3n) is 4.15. The highest BCUT2D eigenvalue weighted by molar-refractivity contribution is 5.94. The number of pyridine rings is 1. The maximum absolute atomic E-state index is 12.7. The Balaban J connectivity index is 2.18. The van der Waals surface area contributed by atoms with E-state index in [0.29, 0.717) is 25.3 Å². The molecule has 1 aromatic rings. The molecule has 0 unspecified atom stereocenters. The quantitative estimate of drug-likeness (QED) is 0.801. The van der Waals surface area contributed by atoms with Crippen LogP contribution in [0.4, 0.5) is 0 Å². The summed E-state index contributed by atoms with van der Waals surface area (Å²) >= 11 is 0. The number of carbonyl (C=O) groups excluding carboxylic acids is 2. The van der Waals surface area contributed by atoms with E-state index >= 15 is 0 Å². The number of piperazine rings is 1. The lowest BCUT2D eigenvalue weighted by molar-refractivity contribution is -0.131. The van der Waals surface area contributed by atoms with Gasteiger partial charge in [-0.1, -0.05) is 26.5 Å². The molecular formula is C17H23N3O2. The Bertz CT molecular complexity index is 583. The summed E-state index contributed by atoms with van der Waals surface area (Å²) in [4.78, 5) is 32.5. The van der Waals surface area contributed by atoms with Gasteiger partial charge in [0.1, 0.15) is 5.69 Å². The lowest BCUT2D eigenvalue weighted by atomic mass is 9.99. The van der Waals surface area contributed by atoms with Crippen molar-refractivity contribution in [1.29, 1.82) is 0 Å². The van der Waals surface area contributed by atoms with Crippen molar-refractivity contribution in [2.75, 3.05) is 19.6 Å². The van der Waals surface area contributed by atoms with E-state index in [1.807, 2.05) is 24.0 Å². The highest BCUT2D eigenvalue weighted by atomic mass is 16.2. The van der Waals surface area contributed by atoms with Crippen LogP contribution in [0.1, 0.15) is 29.9 Å². The van der Waals surface area contributed by atoms with E-state index in [1.54, 1.807) is 11.1 Å². The number of rotatable bonds is 3. The molecule has 5 nitrogen and oxygen atoms in total. The van der Waals surface area contributed by atoms with Crippen LogP contribution < -0.4 is 0 Å². The Hall–Kier alpha value is -2.17. The van der Waals surface area contributed by atoms with Crippen molar-refractivity contribution in [3.63, 3.8) is 0 Å².